The molecule has 2 N–H and O–H groups in total. The maximum Gasteiger partial charge on any atom is 0.254 e. The lowest BCUT2D eigenvalue weighted by molar-refractivity contribution is 0.0912. The quantitative estimate of drug-likeness (QED) is 0.860. The second-order valence-electron chi connectivity index (χ2n) is 4.90. The molecule has 0 aliphatic rings. The average molecular weight is 303 g/mol. The first-order valence-electron chi connectivity index (χ1n) is 6.94. The number of halogens is 1. The summed E-state index contributed by atoms with van der Waals surface area (Å²) in [7, 11) is 1.43. The molecule has 1 atom stereocenters. The third-order valence-electron chi connectivity index (χ3n) is 3.23. The van der Waals surface area contributed by atoms with Gasteiger partial charge in [-0.2, -0.15) is 0 Å². The summed E-state index contributed by atoms with van der Waals surface area (Å²) >= 11 is 0. The van der Waals surface area contributed by atoms with E-state index in [4.69, 9.17) is 4.74 Å². The number of ether oxygens (including phenoxy) is 1. The first kappa shape index (κ1) is 16.0. The van der Waals surface area contributed by atoms with E-state index in [2.05, 4.69) is 5.32 Å². The van der Waals surface area contributed by atoms with E-state index in [1.807, 2.05) is 30.3 Å². The van der Waals surface area contributed by atoms with E-state index in [1.54, 1.807) is 0 Å². The van der Waals surface area contributed by atoms with Crippen LogP contribution in [-0.2, 0) is 6.42 Å². The van der Waals surface area contributed by atoms with Gasteiger partial charge in [0.05, 0.1) is 18.8 Å². The van der Waals surface area contributed by atoms with Crippen molar-refractivity contribution < 1.29 is 19.0 Å². The lowest BCUT2D eigenvalue weighted by atomic mass is 10.1. The van der Waals surface area contributed by atoms with Crippen LogP contribution < -0.4 is 10.1 Å². The van der Waals surface area contributed by atoms with Gasteiger partial charge >= 0.3 is 0 Å². The summed E-state index contributed by atoms with van der Waals surface area (Å²) < 4.78 is 18.6. The maximum absolute atomic E-state index is 13.8. The molecular weight excluding hydrogens is 285 g/mol. The van der Waals surface area contributed by atoms with Gasteiger partial charge in [-0.25, -0.2) is 4.39 Å². The van der Waals surface area contributed by atoms with Gasteiger partial charge in [-0.3, -0.25) is 4.79 Å². The number of rotatable bonds is 6. The van der Waals surface area contributed by atoms with Gasteiger partial charge in [-0.15, -0.1) is 0 Å². The normalized spacial score (nSPS) is 11.8. The highest BCUT2D eigenvalue weighted by Gasteiger charge is 2.14. The zero-order chi connectivity index (χ0) is 15.9. The van der Waals surface area contributed by atoms with Gasteiger partial charge in [0.25, 0.3) is 5.91 Å². The van der Waals surface area contributed by atoms with Crippen molar-refractivity contribution in [2.75, 3.05) is 13.7 Å². The zero-order valence-electron chi connectivity index (χ0n) is 12.3. The Morgan fingerprint density at radius 3 is 2.64 bits per heavy atom. The number of carbonyl (C=O) groups excluding carboxylic acids is 1. The molecule has 0 saturated carbocycles. The van der Waals surface area contributed by atoms with Crippen LogP contribution in [0.5, 0.6) is 5.75 Å². The molecular formula is C17H18FNO3. The minimum Gasteiger partial charge on any atom is -0.497 e. The molecule has 0 bridgehead atoms. The summed E-state index contributed by atoms with van der Waals surface area (Å²) in [5, 5.41) is 12.4. The summed E-state index contributed by atoms with van der Waals surface area (Å²) in [6.07, 6.45) is -0.306. The second-order valence-corrected chi connectivity index (χ2v) is 4.90. The molecule has 1 amide bonds. The lowest BCUT2D eigenvalue weighted by Crippen LogP contribution is -2.33. The average Bonchev–Trinajstić information content (AvgIpc) is 2.53. The zero-order valence-corrected chi connectivity index (χ0v) is 12.3. The van der Waals surface area contributed by atoms with Crippen molar-refractivity contribution in [3.8, 4) is 5.75 Å². The smallest absolute Gasteiger partial charge is 0.254 e. The van der Waals surface area contributed by atoms with Crippen LogP contribution >= 0.6 is 0 Å². The monoisotopic (exact) mass is 303 g/mol. The predicted molar refractivity (Wildman–Crippen MR) is 81.4 cm³/mol. The summed E-state index contributed by atoms with van der Waals surface area (Å²) in [6, 6.07) is 13.5. The first-order chi connectivity index (χ1) is 10.6. The van der Waals surface area contributed by atoms with Gasteiger partial charge in [-0.05, 0) is 17.7 Å². The second kappa shape index (κ2) is 7.56. The standard InChI is InChI=1S/C17H18FNO3/c1-22-14-7-8-15(16(18)10-14)17(21)19-11-13(20)9-12-5-3-2-4-6-12/h2-8,10,13,20H,9,11H2,1H3,(H,19,21). The molecule has 0 aliphatic carbocycles. The molecule has 116 valence electrons. The molecule has 2 aromatic rings. The number of aliphatic hydroxyl groups is 1. The minimum atomic E-state index is -0.729. The highest BCUT2D eigenvalue weighted by molar-refractivity contribution is 5.94. The number of benzene rings is 2. The highest BCUT2D eigenvalue weighted by atomic mass is 19.1. The van der Waals surface area contributed by atoms with E-state index >= 15 is 0 Å². The van der Waals surface area contributed by atoms with E-state index in [-0.39, 0.29) is 12.1 Å². The molecule has 0 fully saturated rings. The van der Waals surface area contributed by atoms with Crippen LogP contribution in [0.25, 0.3) is 0 Å². The van der Waals surface area contributed by atoms with Crippen molar-refractivity contribution in [2.24, 2.45) is 0 Å². The molecule has 0 saturated heterocycles. The highest BCUT2D eigenvalue weighted by Crippen LogP contribution is 2.16. The first-order valence-corrected chi connectivity index (χ1v) is 6.94. The topological polar surface area (TPSA) is 58.6 Å². The van der Waals surface area contributed by atoms with Crippen LogP contribution in [0, 0.1) is 5.82 Å². The van der Waals surface area contributed by atoms with Gasteiger partial charge in [0, 0.05) is 19.0 Å². The van der Waals surface area contributed by atoms with Crippen molar-refractivity contribution in [1.29, 1.82) is 0 Å². The molecule has 4 nitrogen and oxygen atoms in total. The van der Waals surface area contributed by atoms with Crippen molar-refractivity contribution in [3.05, 3.63) is 65.5 Å². The summed E-state index contributed by atoms with van der Waals surface area (Å²) in [5.41, 5.74) is 0.896. The summed E-state index contributed by atoms with van der Waals surface area (Å²) in [4.78, 5) is 11.9. The fourth-order valence-corrected chi connectivity index (χ4v) is 2.07. The van der Waals surface area contributed by atoms with E-state index < -0.39 is 17.8 Å². The number of hydrogen-bond donors (Lipinski definition) is 2. The fourth-order valence-electron chi connectivity index (χ4n) is 2.07. The van der Waals surface area contributed by atoms with E-state index in [0.29, 0.717) is 12.2 Å². The molecule has 2 aromatic carbocycles. The molecule has 2 rings (SSSR count). The van der Waals surface area contributed by atoms with Gasteiger partial charge < -0.3 is 15.2 Å². The number of nitrogens with one attached hydrogen (secondary N) is 1. The molecule has 0 spiro atoms. The molecule has 22 heavy (non-hydrogen) atoms. The maximum atomic E-state index is 13.8. The SMILES string of the molecule is COc1ccc(C(=O)NCC(O)Cc2ccccc2)c(F)c1. The minimum absolute atomic E-state index is 0.0548. The van der Waals surface area contributed by atoms with Crippen LogP contribution in [0.4, 0.5) is 4.39 Å². The Morgan fingerprint density at radius 1 is 1.27 bits per heavy atom. The Hall–Kier alpha value is -2.40. The summed E-state index contributed by atoms with van der Waals surface area (Å²) in [6.45, 7) is 0.0548. The third-order valence-corrected chi connectivity index (χ3v) is 3.23. The Morgan fingerprint density at radius 2 is 2.00 bits per heavy atom. The third kappa shape index (κ3) is 4.30. The van der Waals surface area contributed by atoms with E-state index in [1.165, 1.54) is 19.2 Å². The summed E-state index contributed by atoms with van der Waals surface area (Å²) in [5.74, 6) is -0.875. The molecule has 0 radical (unpaired) electrons. The van der Waals surface area contributed by atoms with E-state index in [0.717, 1.165) is 11.6 Å². The van der Waals surface area contributed by atoms with Crippen LogP contribution in [-0.4, -0.2) is 30.8 Å². The van der Waals surface area contributed by atoms with Crippen LogP contribution in [0.2, 0.25) is 0 Å². The fraction of sp³-hybridized carbons (Fsp3) is 0.235. The van der Waals surface area contributed by atoms with Gasteiger partial charge in [-0.1, -0.05) is 30.3 Å². The number of carbonyl (C=O) groups is 1. The molecule has 1 unspecified atom stereocenters. The van der Waals surface area contributed by atoms with Crippen LogP contribution in [0.3, 0.4) is 0 Å². The van der Waals surface area contributed by atoms with Gasteiger partial charge in [0.1, 0.15) is 11.6 Å². The van der Waals surface area contributed by atoms with E-state index in [9.17, 15) is 14.3 Å². The van der Waals surface area contributed by atoms with Gasteiger partial charge in [0.2, 0.25) is 0 Å². The van der Waals surface area contributed by atoms with Crippen LogP contribution in [0.15, 0.2) is 48.5 Å². The largest absolute Gasteiger partial charge is 0.497 e. The number of methoxy groups -OCH3 is 1. The Balaban J connectivity index is 1.89. The molecule has 0 aromatic heterocycles. The molecule has 0 heterocycles. The van der Waals surface area contributed by atoms with Crippen molar-refractivity contribution in [2.45, 2.75) is 12.5 Å². The van der Waals surface area contributed by atoms with Gasteiger partial charge in [0.15, 0.2) is 0 Å². The molecule has 0 aliphatic heterocycles. The number of hydrogen-bond acceptors (Lipinski definition) is 3. The number of amides is 1. The van der Waals surface area contributed by atoms with Crippen LogP contribution in [0.1, 0.15) is 15.9 Å². The van der Waals surface area contributed by atoms with Crippen molar-refractivity contribution >= 4 is 5.91 Å². The molecule has 5 heteroatoms. The Bertz CT molecular complexity index is 631. The predicted octanol–water partition coefficient (Wildman–Crippen LogP) is 2.17. The number of aliphatic hydroxyl groups excluding tert-OH is 1. The Kier molecular flexibility index (Phi) is 5.49. The Labute approximate surface area is 128 Å². The van der Waals surface area contributed by atoms with Crippen molar-refractivity contribution in [1.82, 2.24) is 5.32 Å². The van der Waals surface area contributed by atoms with Crippen molar-refractivity contribution in [3.63, 3.8) is 0 Å². The lowest BCUT2D eigenvalue weighted by Gasteiger charge is -2.12.